The summed E-state index contributed by atoms with van der Waals surface area (Å²) in [5, 5.41) is 3.44. The van der Waals surface area contributed by atoms with E-state index in [-0.39, 0.29) is 5.60 Å². The molecule has 2 heteroatoms. The Balaban J connectivity index is 1.81. The topological polar surface area (TPSA) is 21.3 Å². The fourth-order valence-corrected chi connectivity index (χ4v) is 3.27. The average molecular weight is 239 g/mol. The van der Waals surface area contributed by atoms with Gasteiger partial charge in [0, 0.05) is 0 Å². The highest BCUT2D eigenvalue weighted by molar-refractivity contribution is 4.92. The molecule has 0 amide bonds. The van der Waals surface area contributed by atoms with Crippen LogP contribution in [-0.4, -0.2) is 24.8 Å². The number of rotatable bonds is 6. The molecular weight excluding hydrogens is 210 g/mol. The Kier molecular flexibility index (Phi) is 4.87. The molecule has 2 aliphatic carbocycles. The molecule has 1 N–H and O–H groups in total. The molecule has 0 aliphatic heterocycles. The molecule has 0 heterocycles. The minimum atomic E-state index is 0.248. The van der Waals surface area contributed by atoms with Crippen molar-refractivity contribution in [3.8, 4) is 0 Å². The maximum atomic E-state index is 6.53. The molecule has 2 saturated carbocycles. The predicted molar refractivity (Wildman–Crippen MR) is 72.2 cm³/mol. The van der Waals surface area contributed by atoms with Crippen molar-refractivity contribution in [1.29, 1.82) is 0 Å². The molecule has 2 unspecified atom stereocenters. The third-order valence-corrected chi connectivity index (χ3v) is 4.71. The molecule has 0 spiro atoms. The third kappa shape index (κ3) is 3.45. The zero-order valence-corrected chi connectivity index (χ0v) is 11.6. The molecule has 2 nitrogen and oxygen atoms in total. The highest BCUT2D eigenvalue weighted by atomic mass is 16.5. The Morgan fingerprint density at radius 2 is 1.94 bits per heavy atom. The SMILES string of the molecule is CCNCCC1(OC2CCCCC2C)CCC1. The summed E-state index contributed by atoms with van der Waals surface area (Å²) in [6.45, 7) is 6.76. The van der Waals surface area contributed by atoms with E-state index in [0.717, 1.165) is 19.0 Å². The van der Waals surface area contributed by atoms with Crippen molar-refractivity contribution in [2.45, 2.75) is 76.9 Å². The van der Waals surface area contributed by atoms with E-state index in [1.807, 2.05) is 0 Å². The normalized spacial score (nSPS) is 32.1. The van der Waals surface area contributed by atoms with E-state index in [1.54, 1.807) is 0 Å². The summed E-state index contributed by atoms with van der Waals surface area (Å²) in [6.07, 6.45) is 11.2. The number of hydrogen-bond acceptors (Lipinski definition) is 2. The van der Waals surface area contributed by atoms with Crippen LogP contribution in [0.4, 0.5) is 0 Å². The van der Waals surface area contributed by atoms with Gasteiger partial charge in [-0.1, -0.05) is 26.7 Å². The highest BCUT2D eigenvalue weighted by Crippen LogP contribution is 2.42. The van der Waals surface area contributed by atoms with Crippen LogP contribution in [0.5, 0.6) is 0 Å². The molecule has 0 bridgehead atoms. The van der Waals surface area contributed by atoms with Crippen molar-refractivity contribution in [1.82, 2.24) is 5.32 Å². The summed E-state index contributed by atoms with van der Waals surface area (Å²) in [6, 6.07) is 0. The Morgan fingerprint density at radius 1 is 1.18 bits per heavy atom. The van der Waals surface area contributed by atoms with E-state index in [1.165, 1.54) is 51.4 Å². The van der Waals surface area contributed by atoms with Crippen LogP contribution in [0.25, 0.3) is 0 Å². The molecule has 2 atom stereocenters. The van der Waals surface area contributed by atoms with Gasteiger partial charge in [0.25, 0.3) is 0 Å². The lowest BCUT2D eigenvalue weighted by Crippen LogP contribution is -2.47. The molecule has 0 aromatic rings. The van der Waals surface area contributed by atoms with Gasteiger partial charge in [0.2, 0.25) is 0 Å². The first-order valence-electron chi connectivity index (χ1n) is 7.64. The summed E-state index contributed by atoms with van der Waals surface area (Å²) < 4.78 is 6.53. The Hall–Kier alpha value is -0.0800. The summed E-state index contributed by atoms with van der Waals surface area (Å²) >= 11 is 0. The fourth-order valence-electron chi connectivity index (χ4n) is 3.27. The number of nitrogens with one attached hydrogen (secondary N) is 1. The van der Waals surface area contributed by atoms with Crippen molar-refractivity contribution >= 4 is 0 Å². The first-order valence-corrected chi connectivity index (χ1v) is 7.64. The third-order valence-electron chi connectivity index (χ3n) is 4.71. The zero-order valence-electron chi connectivity index (χ0n) is 11.6. The first-order chi connectivity index (χ1) is 8.26. The molecule has 17 heavy (non-hydrogen) atoms. The van der Waals surface area contributed by atoms with Crippen molar-refractivity contribution in [2.24, 2.45) is 5.92 Å². The molecule has 0 radical (unpaired) electrons. The van der Waals surface area contributed by atoms with Gasteiger partial charge in [0.05, 0.1) is 11.7 Å². The van der Waals surface area contributed by atoms with Crippen LogP contribution < -0.4 is 5.32 Å². The van der Waals surface area contributed by atoms with Gasteiger partial charge in [-0.15, -0.1) is 0 Å². The lowest BCUT2D eigenvalue weighted by Gasteiger charge is -2.46. The van der Waals surface area contributed by atoms with Gasteiger partial charge in [-0.25, -0.2) is 0 Å². The minimum Gasteiger partial charge on any atom is -0.371 e. The van der Waals surface area contributed by atoms with Gasteiger partial charge in [0.1, 0.15) is 0 Å². The van der Waals surface area contributed by atoms with Crippen LogP contribution in [-0.2, 0) is 4.74 Å². The summed E-state index contributed by atoms with van der Waals surface area (Å²) in [4.78, 5) is 0. The minimum absolute atomic E-state index is 0.248. The summed E-state index contributed by atoms with van der Waals surface area (Å²) in [5.74, 6) is 0.778. The molecular formula is C15H29NO. The van der Waals surface area contributed by atoms with Gasteiger partial charge in [0.15, 0.2) is 0 Å². The molecule has 2 fully saturated rings. The molecule has 2 rings (SSSR count). The lowest BCUT2D eigenvalue weighted by atomic mass is 9.76. The van der Waals surface area contributed by atoms with E-state index in [9.17, 15) is 0 Å². The van der Waals surface area contributed by atoms with Gasteiger partial charge in [-0.3, -0.25) is 0 Å². The van der Waals surface area contributed by atoms with E-state index >= 15 is 0 Å². The summed E-state index contributed by atoms with van der Waals surface area (Å²) in [7, 11) is 0. The van der Waals surface area contributed by atoms with Gasteiger partial charge in [-0.05, 0) is 57.5 Å². The molecule has 2 aliphatic rings. The quantitative estimate of drug-likeness (QED) is 0.716. The second-order valence-electron chi connectivity index (χ2n) is 6.06. The maximum Gasteiger partial charge on any atom is 0.0698 e. The van der Waals surface area contributed by atoms with Crippen LogP contribution in [0.1, 0.15) is 65.2 Å². The molecule has 0 aromatic heterocycles. The van der Waals surface area contributed by atoms with Crippen molar-refractivity contribution in [3.05, 3.63) is 0 Å². The van der Waals surface area contributed by atoms with Gasteiger partial charge >= 0.3 is 0 Å². The van der Waals surface area contributed by atoms with E-state index in [4.69, 9.17) is 4.74 Å². The lowest BCUT2D eigenvalue weighted by molar-refractivity contribution is -0.164. The fraction of sp³-hybridized carbons (Fsp3) is 1.00. The Morgan fingerprint density at radius 3 is 2.53 bits per heavy atom. The first kappa shape index (κ1) is 13.4. The zero-order chi connectivity index (χ0) is 12.1. The van der Waals surface area contributed by atoms with Gasteiger partial charge < -0.3 is 10.1 Å². The largest absolute Gasteiger partial charge is 0.371 e. The van der Waals surface area contributed by atoms with Crippen molar-refractivity contribution < 1.29 is 4.74 Å². The standard InChI is InChI=1S/C15H29NO/c1-3-16-12-11-15(9-6-10-15)17-14-8-5-4-7-13(14)2/h13-14,16H,3-12H2,1-2H3. The van der Waals surface area contributed by atoms with Crippen molar-refractivity contribution in [3.63, 3.8) is 0 Å². The van der Waals surface area contributed by atoms with Crippen LogP contribution in [0.3, 0.4) is 0 Å². The van der Waals surface area contributed by atoms with Crippen LogP contribution >= 0.6 is 0 Å². The van der Waals surface area contributed by atoms with E-state index in [2.05, 4.69) is 19.2 Å². The molecule has 100 valence electrons. The Bertz CT molecular complexity index is 225. The van der Waals surface area contributed by atoms with Crippen LogP contribution in [0.15, 0.2) is 0 Å². The second-order valence-corrected chi connectivity index (χ2v) is 6.06. The van der Waals surface area contributed by atoms with Crippen LogP contribution in [0, 0.1) is 5.92 Å². The van der Waals surface area contributed by atoms with Crippen LogP contribution in [0.2, 0.25) is 0 Å². The average Bonchev–Trinajstić information content (AvgIpc) is 2.28. The number of hydrogen-bond donors (Lipinski definition) is 1. The summed E-state index contributed by atoms with van der Waals surface area (Å²) in [5.41, 5.74) is 0.248. The molecule has 0 aromatic carbocycles. The van der Waals surface area contributed by atoms with Crippen molar-refractivity contribution in [2.75, 3.05) is 13.1 Å². The van der Waals surface area contributed by atoms with Gasteiger partial charge in [-0.2, -0.15) is 0 Å². The molecule has 0 saturated heterocycles. The maximum absolute atomic E-state index is 6.53. The highest BCUT2D eigenvalue weighted by Gasteiger charge is 2.40. The second kappa shape index (κ2) is 6.19. The predicted octanol–water partition coefficient (Wildman–Crippen LogP) is 3.50. The smallest absolute Gasteiger partial charge is 0.0698 e. The number of ether oxygens (including phenoxy) is 1. The Labute approximate surface area is 107 Å². The van der Waals surface area contributed by atoms with E-state index < -0.39 is 0 Å². The monoisotopic (exact) mass is 239 g/mol. The van der Waals surface area contributed by atoms with E-state index in [0.29, 0.717) is 6.10 Å².